The standard InChI is InChI=1S/C19H15NO5S/c1-20-18(11-13(21)14-3-2-6-23-14)26-17(19(20)22)10-12-4-5-15-16(9-12)25-8-7-24-15/h2-6,9-11H,7-8H2,1H3/b17-10-,18-11-. The van der Waals surface area contributed by atoms with Crippen molar-refractivity contribution in [3.05, 3.63) is 67.5 Å². The van der Waals surface area contributed by atoms with Crippen molar-refractivity contribution in [3.63, 3.8) is 0 Å². The van der Waals surface area contributed by atoms with E-state index in [1.807, 2.05) is 18.2 Å². The number of fused-ring (bicyclic) bond motifs is 1. The molecule has 0 saturated heterocycles. The minimum atomic E-state index is -0.280. The number of hydrogen-bond acceptors (Lipinski definition) is 6. The maximum atomic E-state index is 12.5. The van der Waals surface area contributed by atoms with Crippen LogP contribution in [-0.2, 0) is 7.05 Å². The minimum absolute atomic E-state index is 0.164. The topological polar surface area (TPSA) is 70.7 Å². The van der Waals surface area contributed by atoms with E-state index >= 15 is 0 Å². The van der Waals surface area contributed by atoms with Crippen LogP contribution in [0.25, 0.3) is 12.2 Å². The number of Topliss-reactive ketones (excluding diaryl/α,β-unsaturated/α-hetero) is 1. The molecule has 0 fully saturated rings. The van der Waals surface area contributed by atoms with Gasteiger partial charge in [0.2, 0.25) is 5.78 Å². The summed E-state index contributed by atoms with van der Waals surface area (Å²) in [6, 6.07) is 8.77. The van der Waals surface area contributed by atoms with E-state index in [1.165, 1.54) is 28.2 Å². The predicted molar refractivity (Wildman–Crippen MR) is 97.3 cm³/mol. The highest BCUT2D eigenvalue weighted by molar-refractivity contribution is 7.07. The Morgan fingerprint density at radius 1 is 1.19 bits per heavy atom. The third-order valence-corrected chi connectivity index (χ3v) is 5.06. The Labute approximate surface area is 152 Å². The number of ether oxygens (including phenoxy) is 2. The molecule has 7 heteroatoms. The SMILES string of the molecule is Cn1c(=O)/c(=C/c2ccc3c(c2)OCCO3)s/c1=C\C(=O)c1ccco1. The van der Waals surface area contributed by atoms with Crippen LogP contribution in [0.3, 0.4) is 0 Å². The molecule has 0 N–H and O–H groups in total. The zero-order chi connectivity index (χ0) is 18.1. The maximum absolute atomic E-state index is 12.5. The smallest absolute Gasteiger partial charge is 0.268 e. The van der Waals surface area contributed by atoms with Crippen LogP contribution in [0.2, 0.25) is 0 Å². The number of nitrogens with zero attached hydrogens (tertiary/aromatic N) is 1. The molecule has 0 amide bonds. The first kappa shape index (κ1) is 16.4. The fourth-order valence-electron chi connectivity index (χ4n) is 2.61. The Morgan fingerprint density at radius 3 is 2.77 bits per heavy atom. The Hall–Kier alpha value is -3.06. The fraction of sp³-hybridized carbons (Fsp3) is 0.158. The van der Waals surface area contributed by atoms with Crippen LogP contribution in [0.4, 0.5) is 0 Å². The molecule has 0 unspecified atom stereocenters. The average molecular weight is 369 g/mol. The number of benzene rings is 1. The van der Waals surface area contributed by atoms with Gasteiger partial charge in [-0.05, 0) is 35.9 Å². The molecule has 0 atom stereocenters. The van der Waals surface area contributed by atoms with E-state index in [0.29, 0.717) is 33.9 Å². The van der Waals surface area contributed by atoms with Crippen molar-refractivity contribution in [1.29, 1.82) is 0 Å². The molecule has 0 aliphatic carbocycles. The number of carbonyl (C=O) groups excluding carboxylic acids is 1. The normalized spacial score (nSPS) is 14.7. The average Bonchev–Trinajstić information content (AvgIpc) is 3.27. The lowest BCUT2D eigenvalue weighted by atomic mass is 10.2. The molecule has 1 aliphatic rings. The summed E-state index contributed by atoms with van der Waals surface area (Å²) in [4.78, 5) is 24.7. The van der Waals surface area contributed by atoms with E-state index in [0.717, 1.165) is 5.56 Å². The number of hydrogen-bond donors (Lipinski definition) is 0. The van der Waals surface area contributed by atoms with Gasteiger partial charge in [0.1, 0.15) is 17.9 Å². The second kappa shape index (κ2) is 6.68. The molecule has 2 aromatic heterocycles. The molecule has 1 aromatic carbocycles. The lowest BCUT2D eigenvalue weighted by molar-refractivity contribution is 0.103. The Kier molecular flexibility index (Phi) is 4.22. The monoisotopic (exact) mass is 369 g/mol. The van der Waals surface area contributed by atoms with Crippen molar-refractivity contribution in [3.8, 4) is 11.5 Å². The molecule has 4 rings (SSSR count). The van der Waals surface area contributed by atoms with Crippen LogP contribution < -0.4 is 24.2 Å². The van der Waals surface area contributed by atoms with E-state index in [4.69, 9.17) is 13.9 Å². The molecule has 3 heterocycles. The fourth-order valence-corrected chi connectivity index (χ4v) is 3.64. The number of rotatable bonds is 3. The largest absolute Gasteiger partial charge is 0.486 e. The Morgan fingerprint density at radius 2 is 2.00 bits per heavy atom. The minimum Gasteiger partial charge on any atom is -0.486 e. The van der Waals surface area contributed by atoms with Crippen molar-refractivity contribution in [2.24, 2.45) is 7.05 Å². The van der Waals surface area contributed by atoms with E-state index in [1.54, 1.807) is 25.3 Å². The summed E-state index contributed by atoms with van der Waals surface area (Å²) in [6.07, 6.45) is 4.63. The van der Waals surface area contributed by atoms with Crippen molar-refractivity contribution < 1.29 is 18.7 Å². The second-order valence-electron chi connectivity index (χ2n) is 5.70. The summed E-state index contributed by atoms with van der Waals surface area (Å²) >= 11 is 1.25. The van der Waals surface area contributed by atoms with Gasteiger partial charge in [-0.2, -0.15) is 0 Å². The van der Waals surface area contributed by atoms with Gasteiger partial charge in [0, 0.05) is 13.1 Å². The van der Waals surface area contributed by atoms with Crippen LogP contribution in [0.15, 0.2) is 45.8 Å². The number of carbonyl (C=O) groups is 1. The van der Waals surface area contributed by atoms with Crippen LogP contribution in [0.1, 0.15) is 16.1 Å². The first-order valence-electron chi connectivity index (χ1n) is 7.98. The third kappa shape index (κ3) is 3.09. The molecule has 26 heavy (non-hydrogen) atoms. The number of aromatic nitrogens is 1. The van der Waals surface area contributed by atoms with Gasteiger partial charge >= 0.3 is 0 Å². The van der Waals surface area contributed by atoms with Gasteiger partial charge in [0.25, 0.3) is 5.56 Å². The molecule has 1 aliphatic heterocycles. The lowest BCUT2D eigenvalue weighted by Crippen LogP contribution is -2.29. The number of thiazole rings is 1. The summed E-state index contributed by atoms with van der Waals surface area (Å²) in [5, 5.41) is 0. The molecular formula is C19H15NO5S. The van der Waals surface area contributed by atoms with Crippen LogP contribution in [0.5, 0.6) is 11.5 Å². The highest BCUT2D eigenvalue weighted by Gasteiger charge is 2.11. The first-order chi connectivity index (χ1) is 12.6. The van der Waals surface area contributed by atoms with Gasteiger partial charge in [-0.15, -0.1) is 11.3 Å². The Bertz CT molecular complexity index is 1140. The molecule has 3 aromatic rings. The van der Waals surface area contributed by atoms with Gasteiger partial charge in [-0.1, -0.05) is 6.07 Å². The zero-order valence-corrected chi connectivity index (χ0v) is 14.7. The highest BCUT2D eigenvalue weighted by Crippen LogP contribution is 2.30. The van der Waals surface area contributed by atoms with Crippen molar-refractivity contribution in [2.45, 2.75) is 0 Å². The van der Waals surface area contributed by atoms with Crippen molar-refractivity contribution in [1.82, 2.24) is 4.57 Å². The summed E-state index contributed by atoms with van der Waals surface area (Å²) in [5.41, 5.74) is 0.667. The summed E-state index contributed by atoms with van der Waals surface area (Å²) < 4.78 is 18.7. The summed E-state index contributed by atoms with van der Waals surface area (Å²) in [6.45, 7) is 1.04. The third-order valence-electron chi connectivity index (χ3n) is 3.94. The van der Waals surface area contributed by atoms with E-state index in [2.05, 4.69) is 0 Å². The van der Waals surface area contributed by atoms with Crippen molar-refractivity contribution in [2.75, 3.05) is 13.2 Å². The maximum Gasteiger partial charge on any atom is 0.268 e. The van der Waals surface area contributed by atoms with Crippen LogP contribution in [-0.4, -0.2) is 23.6 Å². The summed E-state index contributed by atoms with van der Waals surface area (Å²) in [7, 11) is 1.64. The zero-order valence-electron chi connectivity index (χ0n) is 13.9. The van der Waals surface area contributed by atoms with Crippen LogP contribution >= 0.6 is 11.3 Å². The van der Waals surface area contributed by atoms with Gasteiger partial charge in [-0.25, -0.2) is 0 Å². The second-order valence-corrected chi connectivity index (χ2v) is 6.76. The van der Waals surface area contributed by atoms with Gasteiger partial charge in [0.15, 0.2) is 17.3 Å². The van der Waals surface area contributed by atoms with E-state index < -0.39 is 0 Å². The first-order valence-corrected chi connectivity index (χ1v) is 8.80. The number of furan rings is 1. The molecular weight excluding hydrogens is 354 g/mol. The van der Waals surface area contributed by atoms with Gasteiger partial charge < -0.3 is 18.5 Å². The van der Waals surface area contributed by atoms with Gasteiger partial charge in [0.05, 0.1) is 10.8 Å². The molecule has 0 spiro atoms. The molecule has 6 nitrogen and oxygen atoms in total. The molecule has 0 bridgehead atoms. The summed E-state index contributed by atoms with van der Waals surface area (Å²) in [5.74, 6) is 1.32. The Balaban J connectivity index is 1.75. The quantitative estimate of drug-likeness (QED) is 0.651. The molecule has 0 saturated carbocycles. The molecule has 132 valence electrons. The van der Waals surface area contributed by atoms with Crippen LogP contribution in [0, 0.1) is 0 Å². The van der Waals surface area contributed by atoms with Gasteiger partial charge in [-0.3, -0.25) is 9.59 Å². The molecule has 0 radical (unpaired) electrons. The van der Waals surface area contributed by atoms with Crippen molar-refractivity contribution >= 4 is 29.3 Å². The number of ketones is 1. The highest BCUT2D eigenvalue weighted by atomic mass is 32.1. The predicted octanol–water partition coefficient (Wildman–Crippen LogP) is 1.30. The van der Waals surface area contributed by atoms with E-state index in [-0.39, 0.29) is 17.1 Å². The lowest BCUT2D eigenvalue weighted by Gasteiger charge is -2.18. The van der Waals surface area contributed by atoms with E-state index in [9.17, 15) is 9.59 Å².